The Balaban J connectivity index is 2.44. The Bertz CT molecular complexity index is 491. The molecule has 0 saturated heterocycles. The quantitative estimate of drug-likeness (QED) is 0.720. The van der Waals surface area contributed by atoms with Crippen molar-refractivity contribution in [3.8, 4) is 11.3 Å². The Morgan fingerprint density at radius 3 is 2.44 bits per heavy atom. The molecule has 0 amide bonds. The highest BCUT2D eigenvalue weighted by Gasteiger charge is 2.14. The first-order valence-corrected chi connectivity index (χ1v) is 5.51. The number of aromatic nitrogens is 1. The van der Waals surface area contributed by atoms with Crippen LogP contribution in [0, 0.1) is 6.92 Å². The summed E-state index contributed by atoms with van der Waals surface area (Å²) in [4.78, 5) is 0. The summed E-state index contributed by atoms with van der Waals surface area (Å²) in [5.41, 5.74) is 3.47. The highest BCUT2D eigenvalue weighted by atomic mass is 16.5. The maximum atomic E-state index is 5.27. The average Bonchev–Trinajstić information content (AvgIpc) is 2.64. The molecule has 1 aromatic heterocycles. The van der Waals surface area contributed by atoms with E-state index in [1.54, 1.807) is 0 Å². The van der Waals surface area contributed by atoms with Gasteiger partial charge >= 0.3 is 0 Å². The zero-order valence-corrected chi connectivity index (χ0v) is 10.2. The molecule has 2 heteroatoms. The standard InChI is InChI=1S/C14H17NO/c1-10-8-13(16-15-10)11-6-5-7-12(9-11)14(2,3)4/h5-9H,1-4H3. The second-order valence-electron chi connectivity index (χ2n) is 5.16. The predicted molar refractivity (Wildman–Crippen MR) is 65.4 cm³/mol. The third kappa shape index (κ3) is 2.16. The summed E-state index contributed by atoms with van der Waals surface area (Å²) >= 11 is 0. The van der Waals surface area contributed by atoms with E-state index >= 15 is 0 Å². The van der Waals surface area contributed by atoms with Crippen LogP contribution in [-0.2, 0) is 5.41 Å². The second kappa shape index (κ2) is 3.78. The van der Waals surface area contributed by atoms with Gasteiger partial charge in [0.1, 0.15) is 0 Å². The average molecular weight is 215 g/mol. The molecule has 0 aliphatic heterocycles. The minimum absolute atomic E-state index is 0.158. The molecular weight excluding hydrogens is 198 g/mol. The van der Waals surface area contributed by atoms with Crippen molar-refractivity contribution in [2.45, 2.75) is 33.1 Å². The zero-order chi connectivity index (χ0) is 11.8. The van der Waals surface area contributed by atoms with Gasteiger partial charge in [0.25, 0.3) is 0 Å². The van der Waals surface area contributed by atoms with Crippen LogP contribution in [0.15, 0.2) is 34.9 Å². The zero-order valence-electron chi connectivity index (χ0n) is 10.2. The Hall–Kier alpha value is -1.57. The maximum absolute atomic E-state index is 5.27. The van der Waals surface area contributed by atoms with Gasteiger partial charge in [-0.3, -0.25) is 0 Å². The topological polar surface area (TPSA) is 26.0 Å². The van der Waals surface area contributed by atoms with Crippen LogP contribution in [0.3, 0.4) is 0 Å². The van der Waals surface area contributed by atoms with Gasteiger partial charge in [0.2, 0.25) is 0 Å². The van der Waals surface area contributed by atoms with Crippen molar-refractivity contribution >= 4 is 0 Å². The SMILES string of the molecule is Cc1cc(-c2cccc(C(C)(C)C)c2)on1. The van der Waals surface area contributed by atoms with E-state index in [0.29, 0.717) is 0 Å². The normalized spacial score (nSPS) is 11.8. The maximum Gasteiger partial charge on any atom is 0.167 e. The molecule has 84 valence electrons. The number of rotatable bonds is 1. The molecule has 2 aromatic rings. The molecule has 0 aliphatic carbocycles. The van der Waals surface area contributed by atoms with Crippen molar-refractivity contribution in [3.05, 3.63) is 41.6 Å². The second-order valence-corrected chi connectivity index (χ2v) is 5.16. The summed E-state index contributed by atoms with van der Waals surface area (Å²) in [5.74, 6) is 0.837. The third-order valence-corrected chi connectivity index (χ3v) is 2.64. The van der Waals surface area contributed by atoms with E-state index in [2.05, 4.69) is 50.2 Å². The first kappa shape index (κ1) is 10.9. The molecule has 0 atom stereocenters. The summed E-state index contributed by atoms with van der Waals surface area (Å²) in [6, 6.07) is 10.4. The lowest BCUT2D eigenvalue weighted by Gasteiger charge is -2.19. The fourth-order valence-corrected chi connectivity index (χ4v) is 1.64. The van der Waals surface area contributed by atoms with Gasteiger partial charge in [-0.05, 0) is 24.0 Å². The number of hydrogen-bond donors (Lipinski definition) is 0. The van der Waals surface area contributed by atoms with Gasteiger partial charge in [-0.2, -0.15) is 0 Å². The molecule has 0 N–H and O–H groups in total. The number of benzene rings is 1. The fraction of sp³-hybridized carbons (Fsp3) is 0.357. The minimum Gasteiger partial charge on any atom is -0.356 e. The van der Waals surface area contributed by atoms with E-state index < -0.39 is 0 Å². The van der Waals surface area contributed by atoms with E-state index in [1.807, 2.05) is 13.0 Å². The van der Waals surface area contributed by atoms with Gasteiger partial charge in [0.15, 0.2) is 5.76 Å². The number of aryl methyl sites for hydroxylation is 1. The smallest absolute Gasteiger partial charge is 0.167 e. The van der Waals surface area contributed by atoms with Gasteiger partial charge in [-0.1, -0.05) is 44.1 Å². The van der Waals surface area contributed by atoms with E-state index in [-0.39, 0.29) is 5.41 Å². The highest BCUT2D eigenvalue weighted by molar-refractivity contribution is 5.58. The Morgan fingerprint density at radius 2 is 1.88 bits per heavy atom. The summed E-state index contributed by atoms with van der Waals surface area (Å²) in [6.45, 7) is 8.55. The molecule has 0 saturated carbocycles. The van der Waals surface area contributed by atoms with E-state index in [4.69, 9.17) is 4.52 Å². The molecule has 0 fully saturated rings. The van der Waals surface area contributed by atoms with Crippen LogP contribution < -0.4 is 0 Å². The van der Waals surface area contributed by atoms with Crippen molar-refractivity contribution in [3.63, 3.8) is 0 Å². The lowest BCUT2D eigenvalue weighted by atomic mass is 9.86. The molecule has 0 aliphatic rings. The number of hydrogen-bond acceptors (Lipinski definition) is 2. The Morgan fingerprint density at radius 1 is 1.12 bits per heavy atom. The lowest BCUT2D eigenvalue weighted by molar-refractivity contribution is 0.427. The van der Waals surface area contributed by atoms with Gasteiger partial charge in [0, 0.05) is 11.6 Å². The van der Waals surface area contributed by atoms with Crippen molar-refractivity contribution in [2.75, 3.05) is 0 Å². The molecule has 2 nitrogen and oxygen atoms in total. The predicted octanol–water partition coefficient (Wildman–Crippen LogP) is 3.95. The fourth-order valence-electron chi connectivity index (χ4n) is 1.64. The van der Waals surface area contributed by atoms with Gasteiger partial charge < -0.3 is 4.52 Å². The molecule has 0 radical (unpaired) electrons. The molecule has 1 aromatic carbocycles. The van der Waals surface area contributed by atoms with Crippen molar-refractivity contribution < 1.29 is 4.52 Å². The van der Waals surface area contributed by atoms with Gasteiger partial charge in [0.05, 0.1) is 5.69 Å². The van der Waals surface area contributed by atoms with E-state index in [1.165, 1.54) is 5.56 Å². The van der Waals surface area contributed by atoms with Gasteiger partial charge in [-0.25, -0.2) is 0 Å². The van der Waals surface area contributed by atoms with E-state index in [0.717, 1.165) is 17.0 Å². The van der Waals surface area contributed by atoms with Crippen molar-refractivity contribution in [1.82, 2.24) is 5.16 Å². The molecule has 1 heterocycles. The van der Waals surface area contributed by atoms with Crippen LogP contribution in [0.25, 0.3) is 11.3 Å². The monoisotopic (exact) mass is 215 g/mol. The Kier molecular flexibility index (Phi) is 2.58. The lowest BCUT2D eigenvalue weighted by Crippen LogP contribution is -2.10. The molecule has 0 unspecified atom stereocenters. The summed E-state index contributed by atoms with van der Waals surface area (Å²) in [7, 11) is 0. The first-order chi connectivity index (χ1) is 7.47. The van der Waals surface area contributed by atoms with Crippen LogP contribution in [0.2, 0.25) is 0 Å². The van der Waals surface area contributed by atoms with Crippen molar-refractivity contribution in [2.24, 2.45) is 0 Å². The molecule has 2 rings (SSSR count). The largest absolute Gasteiger partial charge is 0.356 e. The van der Waals surface area contributed by atoms with Crippen LogP contribution >= 0.6 is 0 Å². The molecule has 0 bridgehead atoms. The summed E-state index contributed by atoms with van der Waals surface area (Å²) < 4.78 is 5.27. The van der Waals surface area contributed by atoms with Gasteiger partial charge in [-0.15, -0.1) is 0 Å². The van der Waals surface area contributed by atoms with Crippen LogP contribution in [0.1, 0.15) is 32.0 Å². The third-order valence-electron chi connectivity index (χ3n) is 2.64. The molecule has 0 spiro atoms. The highest BCUT2D eigenvalue weighted by Crippen LogP contribution is 2.27. The van der Waals surface area contributed by atoms with Crippen LogP contribution in [-0.4, -0.2) is 5.16 Å². The number of nitrogens with zero attached hydrogens (tertiary/aromatic N) is 1. The molecule has 16 heavy (non-hydrogen) atoms. The minimum atomic E-state index is 0.158. The van der Waals surface area contributed by atoms with E-state index in [9.17, 15) is 0 Å². The van der Waals surface area contributed by atoms with Crippen LogP contribution in [0.4, 0.5) is 0 Å². The first-order valence-electron chi connectivity index (χ1n) is 5.51. The summed E-state index contributed by atoms with van der Waals surface area (Å²) in [5, 5.41) is 3.91. The Labute approximate surface area is 96.3 Å². The van der Waals surface area contributed by atoms with Crippen LogP contribution in [0.5, 0.6) is 0 Å². The summed E-state index contributed by atoms with van der Waals surface area (Å²) in [6.07, 6.45) is 0. The van der Waals surface area contributed by atoms with Crippen molar-refractivity contribution in [1.29, 1.82) is 0 Å². The molecular formula is C14H17NO.